The van der Waals surface area contributed by atoms with Crippen molar-refractivity contribution in [2.45, 2.75) is 53.4 Å². The monoisotopic (exact) mass is 612 g/mol. The van der Waals surface area contributed by atoms with E-state index in [-0.39, 0.29) is 18.3 Å². The summed E-state index contributed by atoms with van der Waals surface area (Å²) in [6, 6.07) is 22.2. The van der Waals surface area contributed by atoms with Gasteiger partial charge in [0.15, 0.2) is 16.3 Å². The Hall–Kier alpha value is -4.63. The topological polar surface area (TPSA) is 88.4 Å². The first-order chi connectivity index (χ1) is 21.3. The molecule has 2 heterocycles. The molecular weight excluding hydrogens is 576 g/mol. The predicted molar refractivity (Wildman–Crippen MR) is 171 cm³/mol. The third kappa shape index (κ3) is 6.63. The summed E-state index contributed by atoms with van der Waals surface area (Å²) in [6.45, 7) is 10.4. The molecule has 1 aliphatic heterocycles. The van der Waals surface area contributed by atoms with Crippen molar-refractivity contribution < 1.29 is 23.7 Å². The van der Waals surface area contributed by atoms with Gasteiger partial charge >= 0.3 is 5.97 Å². The summed E-state index contributed by atoms with van der Waals surface area (Å²) in [5, 5.41) is 0. The van der Waals surface area contributed by atoms with Gasteiger partial charge in [-0.3, -0.25) is 9.36 Å². The Morgan fingerprint density at radius 1 is 0.955 bits per heavy atom. The lowest BCUT2D eigenvalue weighted by molar-refractivity contribution is -0.139. The smallest absolute Gasteiger partial charge is 0.338 e. The van der Waals surface area contributed by atoms with E-state index in [9.17, 15) is 9.59 Å². The van der Waals surface area contributed by atoms with Crippen molar-refractivity contribution in [2.75, 3.05) is 13.2 Å². The molecule has 1 aliphatic rings. The summed E-state index contributed by atoms with van der Waals surface area (Å²) in [4.78, 5) is 32.6. The van der Waals surface area contributed by atoms with Gasteiger partial charge in [0.2, 0.25) is 0 Å². The van der Waals surface area contributed by atoms with E-state index >= 15 is 0 Å². The highest BCUT2D eigenvalue weighted by Crippen LogP contribution is 2.36. The fourth-order valence-electron chi connectivity index (χ4n) is 5.04. The number of aromatic nitrogens is 1. The van der Waals surface area contributed by atoms with Gasteiger partial charge < -0.3 is 18.9 Å². The van der Waals surface area contributed by atoms with Crippen LogP contribution in [0.1, 0.15) is 57.4 Å². The van der Waals surface area contributed by atoms with Crippen molar-refractivity contribution in [3.05, 3.63) is 120 Å². The van der Waals surface area contributed by atoms with Crippen LogP contribution in [0.5, 0.6) is 17.2 Å². The molecule has 0 fully saturated rings. The third-order valence-corrected chi connectivity index (χ3v) is 7.88. The van der Waals surface area contributed by atoms with Crippen LogP contribution in [-0.2, 0) is 16.1 Å². The second-order valence-corrected chi connectivity index (χ2v) is 11.4. The number of esters is 1. The maximum absolute atomic E-state index is 14.1. The molecule has 0 bridgehead atoms. The largest absolute Gasteiger partial charge is 0.491 e. The Kier molecular flexibility index (Phi) is 9.65. The van der Waals surface area contributed by atoms with Crippen molar-refractivity contribution in [2.24, 2.45) is 4.99 Å². The lowest BCUT2D eigenvalue weighted by Crippen LogP contribution is -2.40. The van der Waals surface area contributed by atoms with E-state index in [2.05, 4.69) is 4.99 Å². The minimum atomic E-state index is -0.768. The average Bonchev–Trinajstić information content (AvgIpc) is 3.30. The highest BCUT2D eigenvalue weighted by Gasteiger charge is 2.35. The number of hydrogen-bond acceptors (Lipinski definition) is 8. The van der Waals surface area contributed by atoms with Gasteiger partial charge in [0, 0.05) is 5.56 Å². The number of fused-ring (bicyclic) bond motifs is 1. The van der Waals surface area contributed by atoms with Gasteiger partial charge in [-0.05, 0) is 70.0 Å². The zero-order valence-electron chi connectivity index (χ0n) is 25.5. The van der Waals surface area contributed by atoms with Crippen LogP contribution in [0.3, 0.4) is 0 Å². The highest BCUT2D eigenvalue weighted by atomic mass is 32.1. The highest BCUT2D eigenvalue weighted by molar-refractivity contribution is 7.07. The third-order valence-electron chi connectivity index (χ3n) is 6.90. The van der Waals surface area contributed by atoms with E-state index in [4.69, 9.17) is 18.9 Å². The zero-order valence-corrected chi connectivity index (χ0v) is 26.4. The first kappa shape index (κ1) is 30.8. The normalized spacial score (nSPS) is 14.7. The minimum Gasteiger partial charge on any atom is -0.491 e. The predicted octanol–water partition coefficient (Wildman–Crippen LogP) is 5.56. The van der Waals surface area contributed by atoms with Crippen molar-refractivity contribution in [1.82, 2.24) is 4.57 Å². The number of para-hydroxylation sites is 1. The van der Waals surface area contributed by atoms with E-state index in [0.29, 0.717) is 56.6 Å². The van der Waals surface area contributed by atoms with Crippen molar-refractivity contribution >= 4 is 23.4 Å². The molecule has 0 aliphatic carbocycles. The molecule has 9 heteroatoms. The molecule has 0 spiro atoms. The molecule has 1 atom stereocenters. The van der Waals surface area contributed by atoms with E-state index in [0.717, 1.165) is 11.1 Å². The average molecular weight is 613 g/mol. The fourth-order valence-corrected chi connectivity index (χ4v) is 6.09. The maximum atomic E-state index is 14.1. The van der Waals surface area contributed by atoms with Crippen molar-refractivity contribution in [3.8, 4) is 17.2 Å². The number of ether oxygens (including phenoxy) is 4. The Bertz CT molecular complexity index is 1860. The number of benzene rings is 3. The van der Waals surface area contributed by atoms with Crippen LogP contribution in [-0.4, -0.2) is 29.9 Å². The number of nitrogens with zero attached hydrogens (tertiary/aromatic N) is 2. The first-order valence-corrected chi connectivity index (χ1v) is 15.5. The molecule has 0 N–H and O–H groups in total. The van der Waals surface area contributed by atoms with Crippen molar-refractivity contribution in [3.63, 3.8) is 0 Å². The second kappa shape index (κ2) is 13.8. The fraction of sp³-hybridized carbons (Fsp3) is 0.286. The second-order valence-electron chi connectivity index (χ2n) is 10.4. The van der Waals surface area contributed by atoms with Crippen LogP contribution < -0.4 is 29.1 Å². The number of rotatable bonds is 11. The molecule has 4 aromatic rings. The summed E-state index contributed by atoms with van der Waals surface area (Å²) in [6.07, 6.45) is 1.70. The number of hydrogen-bond donors (Lipinski definition) is 0. The molecule has 0 unspecified atom stereocenters. The van der Waals surface area contributed by atoms with Crippen LogP contribution in [0.25, 0.3) is 6.08 Å². The van der Waals surface area contributed by atoms with Gasteiger partial charge in [-0.1, -0.05) is 65.9 Å². The summed E-state index contributed by atoms with van der Waals surface area (Å²) >= 11 is 1.27. The Labute approximate surface area is 260 Å². The van der Waals surface area contributed by atoms with Gasteiger partial charge in [0.25, 0.3) is 5.56 Å². The van der Waals surface area contributed by atoms with Gasteiger partial charge in [0.05, 0.1) is 35.1 Å². The Morgan fingerprint density at radius 2 is 1.70 bits per heavy atom. The van der Waals surface area contributed by atoms with Gasteiger partial charge in [0.1, 0.15) is 18.4 Å². The Balaban J connectivity index is 1.60. The molecule has 3 aromatic carbocycles. The van der Waals surface area contributed by atoms with Crippen molar-refractivity contribution in [1.29, 1.82) is 0 Å². The number of thiazole rings is 1. The van der Waals surface area contributed by atoms with E-state index in [1.165, 1.54) is 11.3 Å². The van der Waals surface area contributed by atoms with Crippen LogP contribution in [0.15, 0.2) is 93.9 Å². The molecule has 8 nitrogen and oxygen atoms in total. The summed E-state index contributed by atoms with van der Waals surface area (Å²) < 4.78 is 25.6. The molecule has 0 saturated heterocycles. The van der Waals surface area contributed by atoms with E-state index in [1.54, 1.807) is 18.4 Å². The number of carbonyl (C=O) groups excluding carboxylic acids is 1. The van der Waals surface area contributed by atoms with Crippen LogP contribution >= 0.6 is 11.3 Å². The molecule has 0 radical (unpaired) electrons. The zero-order chi connectivity index (χ0) is 31.2. The van der Waals surface area contributed by atoms with Crippen LogP contribution in [0.2, 0.25) is 0 Å². The summed E-state index contributed by atoms with van der Waals surface area (Å²) in [5.74, 6) is 1.28. The quantitative estimate of drug-likeness (QED) is 0.206. The number of carbonyl (C=O) groups is 1. The van der Waals surface area contributed by atoms with E-state index in [1.807, 2.05) is 99.6 Å². The molecule has 0 amide bonds. The summed E-state index contributed by atoms with van der Waals surface area (Å²) in [7, 11) is 0. The molecule has 1 aromatic heterocycles. The molecular formula is C35H36N2O6S. The summed E-state index contributed by atoms with van der Waals surface area (Å²) in [5.41, 5.74) is 3.04. The van der Waals surface area contributed by atoms with E-state index < -0.39 is 12.0 Å². The van der Waals surface area contributed by atoms with Gasteiger partial charge in [-0.2, -0.15) is 0 Å². The lowest BCUT2D eigenvalue weighted by atomic mass is 9.95. The van der Waals surface area contributed by atoms with Gasteiger partial charge in [-0.25, -0.2) is 9.79 Å². The number of allylic oxidation sites excluding steroid dienone is 1. The first-order valence-electron chi connectivity index (χ1n) is 14.7. The molecule has 0 saturated carbocycles. The molecule has 44 heavy (non-hydrogen) atoms. The SMILES string of the molecule is CCOC(=O)C1=C(C)N=c2s/c(=C/c3ccc(OCc4ccccc4)c(OCC)c3)c(=O)n2[C@@H]1c1ccccc1OC(C)C. The van der Waals surface area contributed by atoms with Gasteiger partial charge in [-0.15, -0.1) is 0 Å². The maximum Gasteiger partial charge on any atom is 0.338 e. The molecule has 228 valence electrons. The standard InChI is InChI=1S/C35H36N2O6S/c1-6-40-29-19-25(17-18-28(29)42-21-24-13-9-8-10-14-24)20-30-33(38)37-32(26-15-11-12-16-27(26)43-22(3)4)31(34(39)41-7-2)23(5)36-35(37)44-30/h8-20,22,32H,6-7,21H2,1-5H3/b30-20+/t32-/m1/s1. The lowest BCUT2D eigenvalue weighted by Gasteiger charge is -2.26. The van der Waals surface area contributed by atoms with Crippen LogP contribution in [0, 0.1) is 0 Å². The Morgan fingerprint density at radius 3 is 2.43 bits per heavy atom. The molecule has 5 rings (SSSR count). The minimum absolute atomic E-state index is 0.109. The van der Waals surface area contributed by atoms with Crippen LogP contribution in [0.4, 0.5) is 0 Å².